The lowest BCUT2D eigenvalue weighted by atomic mass is 9.91. The standard InChI is InChI=1S/C25H27FN2O4S/c1-25(2,3)32-23(24(29)30)21-19(15-12-14-8-7-11-31-22(14)17(26)13-15)20(27-28(21)4)16-9-5-6-10-18(16)33/h5-6,9,12-13,23H,7-8,10-11H2,1-4H3,(H,29,30). The Bertz CT molecular complexity index is 1190. The number of carbonyl (C=O) groups is 1. The van der Waals surface area contributed by atoms with Crippen molar-refractivity contribution in [2.45, 2.75) is 51.7 Å². The van der Waals surface area contributed by atoms with Crippen LogP contribution < -0.4 is 4.74 Å². The van der Waals surface area contributed by atoms with E-state index < -0.39 is 23.5 Å². The Labute approximate surface area is 197 Å². The van der Waals surface area contributed by atoms with Crippen LogP contribution in [-0.4, -0.2) is 37.9 Å². The molecule has 0 radical (unpaired) electrons. The number of carboxylic acid groups (broad SMARTS) is 1. The van der Waals surface area contributed by atoms with Crippen molar-refractivity contribution in [2.75, 3.05) is 6.61 Å². The molecule has 174 valence electrons. The van der Waals surface area contributed by atoms with Crippen LogP contribution in [0.3, 0.4) is 0 Å². The lowest BCUT2D eigenvalue weighted by molar-refractivity contribution is -0.161. The minimum atomic E-state index is -1.31. The highest BCUT2D eigenvalue weighted by molar-refractivity contribution is 7.81. The smallest absolute Gasteiger partial charge is 0.339 e. The van der Waals surface area contributed by atoms with E-state index in [0.29, 0.717) is 46.8 Å². The number of nitrogens with zero attached hydrogens (tertiary/aromatic N) is 2. The molecule has 0 amide bonds. The zero-order chi connectivity index (χ0) is 23.9. The molecule has 0 saturated carbocycles. The van der Waals surface area contributed by atoms with Gasteiger partial charge in [0, 0.05) is 29.5 Å². The summed E-state index contributed by atoms with van der Waals surface area (Å²) >= 11 is 5.59. The minimum Gasteiger partial charge on any atom is -0.490 e. The van der Waals surface area contributed by atoms with Crippen molar-refractivity contribution in [1.82, 2.24) is 9.78 Å². The third kappa shape index (κ3) is 4.63. The van der Waals surface area contributed by atoms with Gasteiger partial charge in [0.15, 0.2) is 17.7 Å². The Morgan fingerprint density at radius 1 is 1.36 bits per heavy atom. The Kier molecular flexibility index (Phi) is 6.24. The largest absolute Gasteiger partial charge is 0.490 e. The van der Waals surface area contributed by atoms with Crippen molar-refractivity contribution < 1.29 is 23.8 Å². The molecular weight excluding hydrogens is 443 g/mol. The van der Waals surface area contributed by atoms with Gasteiger partial charge in [0.1, 0.15) is 5.69 Å². The predicted octanol–water partition coefficient (Wildman–Crippen LogP) is 5.21. The van der Waals surface area contributed by atoms with Crippen LogP contribution in [0.5, 0.6) is 5.75 Å². The van der Waals surface area contributed by atoms with Gasteiger partial charge in [0.05, 0.1) is 17.9 Å². The van der Waals surface area contributed by atoms with Crippen LogP contribution in [0.25, 0.3) is 16.7 Å². The second-order valence-corrected chi connectivity index (χ2v) is 9.71. The summed E-state index contributed by atoms with van der Waals surface area (Å²) < 4.78 is 28.1. The molecule has 1 aliphatic heterocycles. The van der Waals surface area contributed by atoms with Crippen molar-refractivity contribution in [3.05, 3.63) is 53.1 Å². The number of aromatic nitrogens is 2. The molecule has 1 atom stereocenters. The molecule has 1 aliphatic carbocycles. The van der Waals surface area contributed by atoms with E-state index in [1.54, 1.807) is 27.8 Å². The van der Waals surface area contributed by atoms with E-state index in [0.717, 1.165) is 17.6 Å². The van der Waals surface area contributed by atoms with Gasteiger partial charge in [0.25, 0.3) is 0 Å². The van der Waals surface area contributed by atoms with Gasteiger partial charge in [-0.2, -0.15) is 5.10 Å². The molecule has 4 rings (SSSR count). The summed E-state index contributed by atoms with van der Waals surface area (Å²) in [5.74, 6) is -1.37. The normalized spacial score (nSPS) is 16.8. The third-order valence-electron chi connectivity index (χ3n) is 5.54. The van der Waals surface area contributed by atoms with E-state index in [9.17, 15) is 9.90 Å². The number of hydrogen-bond acceptors (Lipinski definition) is 5. The third-order valence-corrected chi connectivity index (χ3v) is 5.93. The lowest BCUT2D eigenvalue weighted by Crippen LogP contribution is -2.29. The molecule has 0 spiro atoms. The molecule has 1 aromatic carbocycles. The van der Waals surface area contributed by atoms with E-state index in [1.165, 1.54) is 10.7 Å². The first kappa shape index (κ1) is 23.3. The predicted molar refractivity (Wildman–Crippen MR) is 128 cm³/mol. The number of hydrogen-bond donors (Lipinski definition) is 1. The maximum absolute atomic E-state index is 15.1. The van der Waals surface area contributed by atoms with Gasteiger partial charge >= 0.3 is 5.97 Å². The molecule has 6 nitrogen and oxygen atoms in total. The fourth-order valence-corrected chi connectivity index (χ4v) is 4.48. The van der Waals surface area contributed by atoms with Crippen molar-refractivity contribution in [3.63, 3.8) is 0 Å². The molecule has 0 fully saturated rings. The lowest BCUT2D eigenvalue weighted by Gasteiger charge is -2.26. The number of rotatable bonds is 5. The maximum atomic E-state index is 15.1. The number of fused-ring (bicyclic) bond motifs is 1. The quantitative estimate of drug-likeness (QED) is 0.605. The molecule has 1 N–H and O–H groups in total. The zero-order valence-corrected chi connectivity index (χ0v) is 20.0. The van der Waals surface area contributed by atoms with Crippen molar-refractivity contribution in [1.29, 1.82) is 0 Å². The van der Waals surface area contributed by atoms with Crippen LogP contribution in [0.15, 0.2) is 30.4 Å². The van der Waals surface area contributed by atoms with E-state index >= 15 is 4.39 Å². The SMILES string of the molecule is Cn1nc(C2=CC=CCC2=S)c(-c2cc(F)c3c(c2)CCCO3)c1C(OC(C)(C)C)C(=O)O. The summed E-state index contributed by atoms with van der Waals surface area (Å²) in [5, 5.41) is 14.8. The van der Waals surface area contributed by atoms with Crippen molar-refractivity contribution >= 4 is 28.6 Å². The summed E-state index contributed by atoms with van der Waals surface area (Å²) in [6.07, 6.45) is 6.44. The van der Waals surface area contributed by atoms with Crippen LogP contribution in [-0.2, 0) is 23.0 Å². The first-order valence-electron chi connectivity index (χ1n) is 10.9. The molecule has 33 heavy (non-hydrogen) atoms. The molecule has 2 heterocycles. The van der Waals surface area contributed by atoms with Gasteiger partial charge in [-0.15, -0.1) is 0 Å². The fourth-order valence-electron chi connectivity index (χ4n) is 4.22. The number of ether oxygens (including phenoxy) is 2. The van der Waals surface area contributed by atoms with Crippen LogP contribution in [0.1, 0.15) is 56.7 Å². The number of halogens is 1. The average molecular weight is 471 g/mol. The zero-order valence-electron chi connectivity index (χ0n) is 19.1. The van der Waals surface area contributed by atoms with Crippen molar-refractivity contribution in [3.8, 4) is 16.9 Å². The second kappa shape index (κ2) is 8.83. The highest BCUT2D eigenvalue weighted by Crippen LogP contribution is 2.41. The second-order valence-electron chi connectivity index (χ2n) is 9.22. The number of aryl methyl sites for hydroxylation is 2. The van der Waals surface area contributed by atoms with Crippen LogP contribution in [0.4, 0.5) is 4.39 Å². The van der Waals surface area contributed by atoms with Gasteiger partial charge in [0.2, 0.25) is 0 Å². The molecule has 2 aromatic rings. The Morgan fingerprint density at radius 2 is 2.12 bits per heavy atom. The highest BCUT2D eigenvalue weighted by atomic mass is 32.1. The Balaban J connectivity index is 2.00. The monoisotopic (exact) mass is 470 g/mol. The fraction of sp³-hybridized carbons (Fsp3) is 0.400. The van der Waals surface area contributed by atoms with Gasteiger partial charge in [-0.25, -0.2) is 9.18 Å². The number of aliphatic carboxylic acids is 1. The molecular formula is C25H27FN2O4S. The van der Waals surface area contributed by atoms with E-state index in [4.69, 9.17) is 21.7 Å². The highest BCUT2D eigenvalue weighted by Gasteiger charge is 2.35. The summed E-state index contributed by atoms with van der Waals surface area (Å²) in [6.45, 7) is 5.85. The topological polar surface area (TPSA) is 73.6 Å². The average Bonchev–Trinajstić information content (AvgIpc) is 3.08. The van der Waals surface area contributed by atoms with Crippen LogP contribution in [0, 0.1) is 5.82 Å². The molecule has 1 aromatic heterocycles. The van der Waals surface area contributed by atoms with Gasteiger partial charge in [-0.05, 0) is 56.9 Å². The number of benzene rings is 1. The Hall–Kier alpha value is -2.84. The first-order chi connectivity index (χ1) is 15.6. The van der Waals surface area contributed by atoms with Crippen LogP contribution in [0.2, 0.25) is 0 Å². The summed E-state index contributed by atoms with van der Waals surface area (Å²) in [5.41, 5.74) is 2.62. The van der Waals surface area contributed by atoms with Gasteiger partial charge in [-0.3, -0.25) is 4.68 Å². The maximum Gasteiger partial charge on any atom is 0.339 e. The van der Waals surface area contributed by atoms with Crippen molar-refractivity contribution in [2.24, 2.45) is 7.05 Å². The van der Waals surface area contributed by atoms with Gasteiger partial charge in [-0.1, -0.05) is 30.4 Å². The number of carboxylic acids is 1. The van der Waals surface area contributed by atoms with Crippen LogP contribution >= 0.6 is 12.2 Å². The summed E-state index contributed by atoms with van der Waals surface area (Å²) in [7, 11) is 1.67. The minimum absolute atomic E-state index is 0.257. The van der Waals surface area contributed by atoms with Gasteiger partial charge < -0.3 is 14.6 Å². The van der Waals surface area contributed by atoms with E-state index in [2.05, 4.69) is 5.10 Å². The molecule has 8 heteroatoms. The summed E-state index contributed by atoms with van der Waals surface area (Å²) in [6, 6.07) is 3.24. The molecule has 0 bridgehead atoms. The van der Waals surface area contributed by atoms with E-state index in [-0.39, 0.29) is 5.75 Å². The molecule has 0 saturated heterocycles. The molecule has 1 unspecified atom stereocenters. The first-order valence-corrected chi connectivity index (χ1v) is 11.3. The van der Waals surface area contributed by atoms with E-state index in [1.807, 2.05) is 24.3 Å². The Morgan fingerprint density at radius 3 is 2.79 bits per heavy atom. The number of thiocarbonyl (C=S) groups is 1. The summed E-state index contributed by atoms with van der Waals surface area (Å²) in [4.78, 5) is 13.0. The number of allylic oxidation sites excluding steroid dienone is 4. The molecule has 2 aliphatic rings.